The highest BCUT2D eigenvalue weighted by molar-refractivity contribution is 5.09. The number of furan rings is 1. The van der Waals surface area contributed by atoms with Crippen molar-refractivity contribution in [2.24, 2.45) is 0 Å². The standard InChI is InChI=1S/C9H15NO2/c1-7(10-2)9-5-4-8(12-9)6-11-3/h4-5,7,10H,6H2,1-3H3. The van der Waals surface area contributed by atoms with E-state index >= 15 is 0 Å². The number of nitrogens with one attached hydrogen (secondary N) is 1. The largest absolute Gasteiger partial charge is 0.462 e. The van der Waals surface area contributed by atoms with Gasteiger partial charge in [0.2, 0.25) is 0 Å². The highest BCUT2D eigenvalue weighted by Crippen LogP contribution is 2.15. The molecule has 1 rings (SSSR count). The van der Waals surface area contributed by atoms with E-state index in [9.17, 15) is 0 Å². The van der Waals surface area contributed by atoms with Crippen molar-refractivity contribution in [3.8, 4) is 0 Å². The van der Waals surface area contributed by atoms with Crippen molar-refractivity contribution >= 4 is 0 Å². The fourth-order valence-corrected chi connectivity index (χ4v) is 0.989. The Morgan fingerprint density at radius 3 is 2.92 bits per heavy atom. The van der Waals surface area contributed by atoms with E-state index in [1.807, 2.05) is 19.2 Å². The molecule has 1 aromatic heterocycles. The maximum atomic E-state index is 5.49. The van der Waals surface area contributed by atoms with Crippen molar-refractivity contribution in [2.75, 3.05) is 14.2 Å². The molecule has 0 aromatic carbocycles. The summed E-state index contributed by atoms with van der Waals surface area (Å²) in [6.45, 7) is 2.59. The van der Waals surface area contributed by atoms with Gasteiger partial charge in [-0.25, -0.2) is 0 Å². The van der Waals surface area contributed by atoms with Crippen molar-refractivity contribution in [3.63, 3.8) is 0 Å². The van der Waals surface area contributed by atoms with Crippen LogP contribution >= 0.6 is 0 Å². The first-order valence-electron chi connectivity index (χ1n) is 4.02. The molecule has 1 aromatic rings. The summed E-state index contributed by atoms with van der Waals surface area (Å²) in [6.07, 6.45) is 0. The molecule has 1 heterocycles. The van der Waals surface area contributed by atoms with Crippen molar-refractivity contribution in [2.45, 2.75) is 19.6 Å². The van der Waals surface area contributed by atoms with Gasteiger partial charge in [-0.05, 0) is 26.1 Å². The normalized spacial score (nSPS) is 13.2. The second kappa shape index (κ2) is 4.28. The van der Waals surface area contributed by atoms with E-state index in [4.69, 9.17) is 9.15 Å². The molecule has 0 amide bonds. The molecular weight excluding hydrogens is 154 g/mol. The summed E-state index contributed by atoms with van der Waals surface area (Å²) >= 11 is 0. The van der Waals surface area contributed by atoms with E-state index < -0.39 is 0 Å². The fraction of sp³-hybridized carbons (Fsp3) is 0.556. The Morgan fingerprint density at radius 1 is 1.58 bits per heavy atom. The molecule has 0 bridgehead atoms. The highest BCUT2D eigenvalue weighted by Gasteiger charge is 2.07. The first kappa shape index (κ1) is 9.29. The van der Waals surface area contributed by atoms with Crippen molar-refractivity contribution in [1.82, 2.24) is 5.32 Å². The maximum Gasteiger partial charge on any atom is 0.129 e. The minimum atomic E-state index is 0.260. The van der Waals surface area contributed by atoms with Gasteiger partial charge in [-0.2, -0.15) is 0 Å². The molecule has 12 heavy (non-hydrogen) atoms. The van der Waals surface area contributed by atoms with E-state index in [2.05, 4.69) is 12.2 Å². The average molecular weight is 169 g/mol. The predicted molar refractivity (Wildman–Crippen MR) is 46.9 cm³/mol. The molecule has 0 saturated heterocycles. The van der Waals surface area contributed by atoms with E-state index in [0.717, 1.165) is 11.5 Å². The third kappa shape index (κ3) is 2.09. The van der Waals surface area contributed by atoms with Gasteiger partial charge in [-0.1, -0.05) is 0 Å². The van der Waals surface area contributed by atoms with Crippen molar-refractivity contribution < 1.29 is 9.15 Å². The monoisotopic (exact) mass is 169 g/mol. The summed E-state index contributed by atoms with van der Waals surface area (Å²) in [6, 6.07) is 4.16. The smallest absolute Gasteiger partial charge is 0.129 e. The quantitative estimate of drug-likeness (QED) is 0.745. The summed E-state index contributed by atoms with van der Waals surface area (Å²) < 4.78 is 10.4. The van der Waals surface area contributed by atoms with Crippen LogP contribution in [-0.4, -0.2) is 14.2 Å². The summed E-state index contributed by atoms with van der Waals surface area (Å²) in [7, 11) is 3.56. The van der Waals surface area contributed by atoms with Crippen LogP contribution in [0, 0.1) is 0 Å². The fourth-order valence-electron chi connectivity index (χ4n) is 0.989. The Kier molecular flexibility index (Phi) is 3.31. The summed E-state index contributed by atoms with van der Waals surface area (Å²) in [5.74, 6) is 1.82. The van der Waals surface area contributed by atoms with Crippen molar-refractivity contribution in [1.29, 1.82) is 0 Å². The van der Waals surface area contributed by atoms with Gasteiger partial charge in [0.05, 0.1) is 6.04 Å². The van der Waals surface area contributed by atoms with Crippen LogP contribution in [0.1, 0.15) is 24.5 Å². The lowest BCUT2D eigenvalue weighted by Gasteiger charge is -2.05. The summed E-state index contributed by atoms with van der Waals surface area (Å²) in [4.78, 5) is 0. The highest BCUT2D eigenvalue weighted by atomic mass is 16.5. The predicted octanol–water partition coefficient (Wildman–Crippen LogP) is 1.71. The molecule has 0 saturated carbocycles. The van der Waals surface area contributed by atoms with Crippen molar-refractivity contribution in [3.05, 3.63) is 23.7 Å². The molecule has 0 spiro atoms. The molecular formula is C9H15NO2. The number of hydrogen-bond acceptors (Lipinski definition) is 3. The Labute approximate surface area is 72.7 Å². The third-order valence-corrected chi connectivity index (χ3v) is 1.83. The third-order valence-electron chi connectivity index (χ3n) is 1.83. The molecule has 1 N–H and O–H groups in total. The van der Waals surface area contributed by atoms with E-state index in [1.54, 1.807) is 7.11 Å². The van der Waals surface area contributed by atoms with Gasteiger partial charge in [0.15, 0.2) is 0 Å². The van der Waals surface area contributed by atoms with Crippen LogP contribution in [0.25, 0.3) is 0 Å². The van der Waals surface area contributed by atoms with E-state index in [1.165, 1.54) is 0 Å². The average Bonchev–Trinajstić information content (AvgIpc) is 2.52. The van der Waals surface area contributed by atoms with Crippen LogP contribution in [0.3, 0.4) is 0 Å². The summed E-state index contributed by atoms with van der Waals surface area (Å²) in [5.41, 5.74) is 0. The summed E-state index contributed by atoms with van der Waals surface area (Å²) in [5, 5.41) is 3.10. The van der Waals surface area contributed by atoms with Gasteiger partial charge in [-0.15, -0.1) is 0 Å². The van der Waals surface area contributed by atoms with Gasteiger partial charge < -0.3 is 14.5 Å². The number of hydrogen-bond donors (Lipinski definition) is 1. The Hall–Kier alpha value is -0.800. The molecule has 1 atom stereocenters. The molecule has 3 heteroatoms. The van der Waals surface area contributed by atoms with Crippen LogP contribution in [0.5, 0.6) is 0 Å². The molecule has 0 radical (unpaired) electrons. The zero-order valence-corrected chi connectivity index (χ0v) is 7.76. The van der Waals surface area contributed by atoms with Gasteiger partial charge >= 0.3 is 0 Å². The SMILES string of the molecule is CNC(C)c1ccc(COC)o1. The Balaban J connectivity index is 2.63. The Bertz CT molecular complexity index is 232. The van der Waals surface area contributed by atoms with Crippen LogP contribution in [0.4, 0.5) is 0 Å². The Morgan fingerprint density at radius 2 is 2.33 bits per heavy atom. The first-order valence-corrected chi connectivity index (χ1v) is 4.02. The number of rotatable bonds is 4. The number of methoxy groups -OCH3 is 1. The van der Waals surface area contributed by atoms with Crippen LogP contribution in [0.15, 0.2) is 16.5 Å². The first-order chi connectivity index (χ1) is 5.77. The molecule has 0 aliphatic carbocycles. The zero-order valence-electron chi connectivity index (χ0n) is 7.76. The topological polar surface area (TPSA) is 34.4 Å². The van der Waals surface area contributed by atoms with Gasteiger partial charge in [0.1, 0.15) is 18.1 Å². The van der Waals surface area contributed by atoms with E-state index in [-0.39, 0.29) is 6.04 Å². The zero-order chi connectivity index (χ0) is 8.97. The van der Waals surface area contributed by atoms with E-state index in [0.29, 0.717) is 6.61 Å². The second-order valence-corrected chi connectivity index (χ2v) is 2.75. The molecule has 68 valence electrons. The maximum absolute atomic E-state index is 5.49. The molecule has 0 fully saturated rings. The number of ether oxygens (including phenoxy) is 1. The molecule has 0 aliphatic heterocycles. The minimum absolute atomic E-state index is 0.260. The minimum Gasteiger partial charge on any atom is -0.462 e. The molecule has 3 nitrogen and oxygen atoms in total. The van der Waals surface area contributed by atoms with Crippen LogP contribution in [-0.2, 0) is 11.3 Å². The molecule has 0 aliphatic rings. The molecule has 1 unspecified atom stereocenters. The lowest BCUT2D eigenvalue weighted by atomic mass is 10.3. The lowest BCUT2D eigenvalue weighted by molar-refractivity contribution is 0.161. The van der Waals surface area contributed by atoms with Gasteiger partial charge in [0, 0.05) is 7.11 Å². The van der Waals surface area contributed by atoms with Crippen LogP contribution < -0.4 is 5.32 Å². The van der Waals surface area contributed by atoms with Crippen LogP contribution in [0.2, 0.25) is 0 Å². The van der Waals surface area contributed by atoms with Gasteiger partial charge in [0.25, 0.3) is 0 Å². The lowest BCUT2D eigenvalue weighted by Crippen LogP contribution is -2.11. The second-order valence-electron chi connectivity index (χ2n) is 2.75. The van der Waals surface area contributed by atoms with Gasteiger partial charge in [-0.3, -0.25) is 0 Å².